The van der Waals surface area contributed by atoms with Gasteiger partial charge in [-0.3, -0.25) is 9.59 Å². The Morgan fingerprint density at radius 1 is 1.29 bits per heavy atom. The molecule has 17 heavy (non-hydrogen) atoms. The van der Waals surface area contributed by atoms with Gasteiger partial charge in [0, 0.05) is 12.0 Å². The monoisotopic (exact) mass is 234 g/mol. The molecule has 3 heteroatoms. The van der Waals surface area contributed by atoms with Crippen molar-refractivity contribution in [2.75, 3.05) is 7.11 Å². The highest BCUT2D eigenvalue weighted by Crippen LogP contribution is 2.23. The summed E-state index contributed by atoms with van der Waals surface area (Å²) >= 11 is 0. The molecule has 0 amide bonds. The fourth-order valence-corrected chi connectivity index (χ4v) is 1.63. The van der Waals surface area contributed by atoms with E-state index in [4.69, 9.17) is 4.74 Å². The third-order valence-electron chi connectivity index (χ3n) is 2.50. The van der Waals surface area contributed by atoms with Crippen LogP contribution >= 0.6 is 0 Å². The van der Waals surface area contributed by atoms with Gasteiger partial charge in [0.25, 0.3) is 0 Å². The van der Waals surface area contributed by atoms with Gasteiger partial charge >= 0.3 is 0 Å². The van der Waals surface area contributed by atoms with E-state index in [1.165, 1.54) is 14.0 Å². The summed E-state index contributed by atoms with van der Waals surface area (Å²) in [6.45, 7) is 5.46. The molecule has 0 heterocycles. The highest BCUT2D eigenvalue weighted by Gasteiger charge is 2.15. The number of Topliss-reactive ketones (excluding diaryl/α,β-unsaturated/α-hetero) is 2. The van der Waals surface area contributed by atoms with E-state index >= 15 is 0 Å². The van der Waals surface area contributed by atoms with Gasteiger partial charge in [-0.05, 0) is 31.0 Å². The number of hydrogen-bond donors (Lipinski definition) is 0. The minimum absolute atomic E-state index is 0.0138. The third kappa shape index (κ3) is 3.41. The average Bonchev–Trinajstić information content (AvgIpc) is 2.27. The van der Waals surface area contributed by atoms with Crippen molar-refractivity contribution in [1.29, 1.82) is 0 Å². The first-order valence-electron chi connectivity index (χ1n) is 5.68. The van der Waals surface area contributed by atoms with E-state index in [1.807, 2.05) is 13.8 Å². The van der Waals surface area contributed by atoms with Crippen molar-refractivity contribution >= 4 is 11.6 Å². The topological polar surface area (TPSA) is 43.4 Å². The molecule has 0 bridgehead atoms. The second-order valence-corrected chi connectivity index (χ2v) is 4.49. The van der Waals surface area contributed by atoms with Gasteiger partial charge in [0.05, 0.1) is 12.7 Å². The lowest BCUT2D eigenvalue weighted by molar-refractivity contribution is 0.0965. The molecule has 0 atom stereocenters. The van der Waals surface area contributed by atoms with E-state index in [0.717, 1.165) is 0 Å². The predicted molar refractivity (Wildman–Crippen MR) is 66.8 cm³/mol. The van der Waals surface area contributed by atoms with Crippen molar-refractivity contribution in [2.24, 2.45) is 5.92 Å². The second kappa shape index (κ2) is 5.62. The normalized spacial score (nSPS) is 10.4. The maximum Gasteiger partial charge on any atom is 0.166 e. The minimum atomic E-state index is -0.0498. The molecule has 0 N–H and O–H groups in total. The average molecular weight is 234 g/mol. The zero-order chi connectivity index (χ0) is 13.0. The number of rotatable bonds is 5. The van der Waals surface area contributed by atoms with Crippen molar-refractivity contribution in [3.05, 3.63) is 29.3 Å². The summed E-state index contributed by atoms with van der Waals surface area (Å²) in [6.07, 6.45) is 0.456. The SMILES string of the molecule is COc1ccc(C(C)=O)cc1C(=O)CC(C)C. The fraction of sp³-hybridized carbons (Fsp3) is 0.429. The van der Waals surface area contributed by atoms with Crippen LogP contribution in [0, 0.1) is 5.92 Å². The first-order chi connectivity index (χ1) is 7.95. The summed E-state index contributed by atoms with van der Waals surface area (Å²) in [5, 5.41) is 0. The predicted octanol–water partition coefficient (Wildman–Crippen LogP) is 3.13. The van der Waals surface area contributed by atoms with E-state index < -0.39 is 0 Å². The van der Waals surface area contributed by atoms with Crippen LogP contribution in [0.2, 0.25) is 0 Å². The first kappa shape index (κ1) is 13.4. The summed E-state index contributed by atoms with van der Waals surface area (Å²) in [5.41, 5.74) is 1.03. The Kier molecular flexibility index (Phi) is 4.44. The Morgan fingerprint density at radius 3 is 2.41 bits per heavy atom. The number of carbonyl (C=O) groups is 2. The quantitative estimate of drug-likeness (QED) is 0.735. The molecule has 0 saturated heterocycles. The molecule has 0 saturated carbocycles. The van der Waals surface area contributed by atoms with Crippen LogP contribution in [-0.2, 0) is 0 Å². The Bertz CT molecular complexity index is 433. The molecule has 0 unspecified atom stereocenters. The number of benzene rings is 1. The Hall–Kier alpha value is -1.64. The molecule has 0 aliphatic carbocycles. The van der Waals surface area contributed by atoms with E-state index in [2.05, 4.69) is 0 Å². The summed E-state index contributed by atoms with van der Waals surface area (Å²) < 4.78 is 5.15. The van der Waals surface area contributed by atoms with E-state index in [0.29, 0.717) is 23.3 Å². The first-order valence-corrected chi connectivity index (χ1v) is 5.68. The number of ether oxygens (including phenoxy) is 1. The Morgan fingerprint density at radius 2 is 1.94 bits per heavy atom. The molecule has 3 nitrogen and oxygen atoms in total. The van der Waals surface area contributed by atoms with Crippen molar-refractivity contribution in [2.45, 2.75) is 27.2 Å². The zero-order valence-corrected chi connectivity index (χ0v) is 10.7. The van der Waals surface area contributed by atoms with Gasteiger partial charge in [-0.1, -0.05) is 13.8 Å². The minimum Gasteiger partial charge on any atom is -0.496 e. The standard InChI is InChI=1S/C14H18O3/c1-9(2)7-13(16)12-8-11(10(3)15)5-6-14(12)17-4/h5-6,8-9H,7H2,1-4H3. The van der Waals surface area contributed by atoms with Crippen molar-refractivity contribution in [3.63, 3.8) is 0 Å². The molecule has 1 aromatic rings. The molecular weight excluding hydrogens is 216 g/mol. The summed E-state index contributed by atoms with van der Waals surface area (Å²) in [7, 11) is 1.52. The molecule has 0 aliphatic heterocycles. The van der Waals surface area contributed by atoms with Gasteiger partial charge in [0.15, 0.2) is 11.6 Å². The van der Waals surface area contributed by atoms with E-state index in [-0.39, 0.29) is 17.5 Å². The highest BCUT2D eigenvalue weighted by atomic mass is 16.5. The van der Waals surface area contributed by atoms with Crippen LogP contribution < -0.4 is 4.74 Å². The molecular formula is C14H18O3. The van der Waals surface area contributed by atoms with Gasteiger partial charge in [-0.25, -0.2) is 0 Å². The lowest BCUT2D eigenvalue weighted by Gasteiger charge is -2.10. The third-order valence-corrected chi connectivity index (χ3v) is 2.50. The van der Waals surface area contributed by atoms with Crippen LogP contribution in [0.15, 0.2) is 18.2 Å². The lowest BCUT2D eigenvalue weighted by atomic mass is 9.98. The van der Waals surface area contributed by atoms with Crippen LogP contribution in [0.3, 0.4) is 0 Å². The number of hydrogen-bond acceptors (Lipinski definition) is 3. The number of ketones is 2. The van der Waals surface area contributed by atoms with Crippen LogP contribution in [0.25, 0.3) is 0 Å². The molecule has 0 fully saturated rings. The van der Waals surface area contributed by atoms with Gasteiger partial charge in [-0.15, -0.1) is 0 Å². The molecule has 0 radical (unpaired) electrons. The van der Waals surface area contributed by atoms with Gasteiger partial charge in [0.2, 0.25) is 0 Å². The van der Waals surface area contributed by atoms with Crippen LogP contribution in [0.4, 0.5) is 0 Å². The van der Waals surface area contributed by atoms with Crippen molar-refractivity contribution in [3.8, 4) is 5.75 Å². The maximum absolute atomic E-state index is 12.0. The van der Waals surface area contributed by atoms with E-state index in [1.54, 1.807) is 18.2 Å². The molecule has 0 aliphatic rings. The van der Waals surface area contributed by atoms with E-state index in [9.17, 15) is 9.59 Å². The maximum atomic E-state index is 12.0. The largest absolute Gasteiger partial charge is 0.496 e. The van der Waals surface area contributed by atoms with Gasteiger partial charge < -0.3 is 4.74 Å². The number of carbonyl (C=O) groups excluding carboxylic acids is 2. The Balaban J connectivity index is 3.14. The lowest BCUT2D eigenvalue weighted by Crippen LogP contribution is -2.07. The highest BCUT2D eigenvalue weighted by molar-refractivity contribution is 6.02. The van der Waals surface area contributed by atoms with Gasteiger partial charge in [-0.2, -0.15) is 0 Å². The van der Waals surface area contributed by atoms with Crippen LogP contribution in [-0.4, -0.2) is 18.7 Å². The summed E-state index contributed by atoms with van der Waals surface area (Å²) in [6, 6.07) is 4.96. The van der Waals surface area contributed by atoms with Crippen molar-refractivity contribution < 1.29 is 14.3 Å². The molecule has 1 aromatic carbocycles. The zero-order valence-electron chi connectivity index (χ0n) is 10.7. The van der Waals surface area contributed by atoms with Crippen LogP contribution in [0.5, 0.6) is 5.75 Å². The summed E-state index contributed by atoms with van der Waals surface area (Å²) in [5.74, 6) is 0.778. The molecule has 92 valence electrons. The smallest absolute Gasteiger partial charge is 0.166 e. The van der Waals surface area contributed by atoms with Crippen LogP contribution in [0.1, 0.15) is 47.9 Å². The Labute approximate surface area is 102 Å². The van der Waals surface area contributed by atoms with Crippen molar-refractivity contribution in [1.82, 2.24) is 0 Å². The summed E-state index contributed by atoms with van der Waals surface area (Å²) in [4.78, 5) is 23.3. The van der Waals surface area contributed by atoms with Gasteiger partial charge in [0.1, 0.15) is 5.75 Å². The molecule has 1 rings (SSSR count). The number of methoxy groups -OCH3 is 1. The second-order valence-electron chi connectivity index (χ2n) is 4.49. The molecule has 0 aromatic heterocycles. The molecule has 0 spiro atoms. The fourth-order valence-electron chi connectivity index (χ4n) is 1.63.